The molecule has 2 fully saturated rings. The molecule has 5 heteroatoms. The average molecular weight is 249 g/mol. The lowest BCUT2D eigenvalue weighted by Gasteiger charge is -2.25. The minimum atomic E-state index is -0.241. The molecule has 0 aromatic carbocycles. The Hall–Kier alpha value is -1.36. The van der Waals surface area contributed by atoms with Gasteiger partial charge in [0.25, 0.3) is 0 Å². The number of fused-ring (bicyclic) bond motifs is 1. The molecule has 0 unspecified atom stereocenters. The summed E-state index contributed by atoms with van der Waals surface area (Å²) in [4.78, 5) is 14.4. The Kier molecular flexibility index (Phi) is 2.86. The first-order chi connectivity index (χ1) is 8.74. The van der Waals surface area contributed by atoms with Gasteiger partial charge in [0.1, 0.15) is 0 Å². The van der Waals surface area contributed by atoms with Gasteiger partial charge in [-0.25, -0.2) is 0 Å². The maximum atomic E-state index is 12.1. The highest BCUT2D eigenvalue weighted by molar-refractivity contribution is 5.78. The van der Waals surface area contributed by atoms with Gasteiger partial charge in [0, 0.05) is 31.5 Å². The number of ether oxygens (including phenoxy) is 1. The minimum Gasteiger partial charge on any atom is -0.469 e. The lowest BCUT2D eigenvalue weighted by molar-refractivity contribution is -0.153. The van der Waals surface area contributed by atoms with Gasteiger partial charge in [-0.15, -0.1) is 0 Å². The van der Waals surface area contributed by atoms with Crippen molar-refractivity contribution in [3.05, 3.63) is 18.0 Å². The number of hydrogen-bond acceptors (Lipinski definition) is 4. The number of carbonyl (C=O) groups excluding carboxylic acids is 1. The molecule has 1 saturated carbocycles. The van der Waals surface area contributed by atoms with E-state index in [-0.39, 0.29) is 11.4 Å². The number of nitrogens with zero attached hydrogens (tertiary/aromatic N) is 2. The molecule has 5 nitrogen and oxygen atoms in total. The molecule has 2 atom stereocenters. The van der Waals surface area contributed by atoms with Crippen LogP contribution < -0.4 is 0 Å². The van der Waals surface area contributed by atoms with Crippen molar-refractivity contribution >= 4 is 5.97 Å². The number of nitrogens with one attached hydrogen (secondary N) is 1. The number of aromatic amines is 1. The van der Waals surface area contributed by atoms with Gasteiger partial charge in [-0.1, -0.05) is 6.42 Å². The highest BCUT2D eigenvalue weighted by Crippen LogP contribution is 2.49. The molecule has 2 heterocycles. The molecular weight excluding hydrogens is 230 g/mol. The molecule has 98 valence electrons. The lowest BCUT2D eigenvalue weighted by Crippen LogP contribution is -2.36. The summed E-state index contributed by atoms with van der Waals surface area (Å²) in [6.07, 6.45) is 5.04. The van der Waals surface area contributed by atoms with Crippen LogP contribution in [0.25, 0.3) is 0 Å². The van der Waals surface area contributed by atoms with E-state index in [1.165, 1.54) is 7.11 Å². The quantitative estimate of drug-likeness (QED) is 0.817. The van der Waals surface area contributed by atoms with Crippen LogP contribution in [0.5, 0.6) is 0 Å². The van der Waals surface area contributed by atoms with Gasteiger partial charge < -0.3 is 4.74 Å². The van der Waals surface area contributed by atoms with Crippen molar-refractivity contribution in [3.8, 4) is 0 Å². The Morgan fingerprint density at radius 3 is 3.33 bits per heavy atom. The molecule has 1 aliphatic carbocycles. The van der Waals surface area contributed by atoms with E-state index in [0.29, 0.717) is 5.92 Å². The van der Waals surface area contributed by atoms with Crippen molar-refractivity contribution in [2.24, 2.45) is 11.3 Å². The van der Waals surface area contributed by atoms with E-state index in [1.54, 1.807) is 6.20 Å². The van der Waals surface area contributed by atoms with Gasteiger partial charge >= 0.3 is 5.97 Å². The van der Waals surface area contributed by atoms with Crippen LogP contribution in [0.15, 0.2) is 12.3 Å². The van der Waals surface area contributed by atoms with E-state index >= 15 is 0 Å². The van der Waals surface area contributed by atoms with E-state index < -0.39 is 0 Å². The minimum absolute atomic E-state index is 0.0166. The predicted octanol–water partition coefficient (Wildman–Crippen LogP) is 1.18. The fraction of sp³-hybridized carbons (Fsp3) is 0.692. The Bertz CT molecular complexity index is 431. The second kappa shape index (κ2) is 4.39. The van der Waals surface area contributed by atoms with Crippen LogP contribution in [0.2, 0.25) is 0 Å². The van der Waals surface area contributed by atoms with E-state index in [9.17, 15) is 4.79 Å². The molecule has 0 bridgehead atoms. The molecule has 0 spiro atoms. The summed E-state index contributed by atoms with van der Waals surface area (Å²) in [5.41, 5.74) is 0.865. The predicted molar refractivity (Wildman–Crippen MR) is 65.7 cm³/mol. The number of methoxy groups -OCH3 is 1. The van der Waals surface area contributed by atoms with Crippen molar-refractivity contribution in [1.82, 2.24) is 15.1 Å². The summed E-state index contributed by atoms with van der Waals surface area (Å²) < 4.78 is 5.04. The van der Waals surface area contributed by atoms with Crippen molar-refractivity contribution < 1.29 is 9.53 Å². The third-order valence-corrected chi connectivity index (χ3v) is 4.49. The maximum Gasteiger partial charge on any atom is 0.313 e. The van der Waals surface area contributed by atoms with Crippen molar-refractivity contribution in [1.29, 1.82) is 0 Å². The SMILES string of the molecule is COC(=O)[C@@]12CCC[C@@H]1CN(Cc1ccn[nH]1)C2. The summed E-state index contributed by atoms with van der Waals surface area (Å²) >= 11 is 0. The molecule has 3 rings (SSSR count). The van der Waals surface area contributed by atoms with Crippen LogP contribution in [0.4, 0.5) is 0 Å². The Balaban J connectivity index is 1.74. The first kappa shape index (κ1) is 11.7. The number of rotatable bonds is 3. The van der Waals surface area contributed by atoms with Crippen LogP contribution in [0.3, 0.4) is 0 Å². The largest absolute Gasteiger partial charge is 0.469 e. The summed E-state index contributed by atoms with van der Waals surface area (Å²) in [7, 11) is 1.50. The van der Waals surface area contributed by atoms with Gasteiger partial charge in [-0.3, -0.25) is 14.8 Å². The number of hydrogen-bond donors (Lipinski definition) is 1. The van der Waals surface area contributed by atoms with Gasteiger partial charge in [0.05, 0.1) is 12.5 Å². The van der Waals surface area contributed by atoms with Crippen molar-refractivity contribution in [2.45, 2.75) is 25.8 Å². The second-order valence-electron chi connectivity index (χ2n) is 5.49. The Labute approximate surface area is 107 Å². The second-order valence-corrected chi connectivity index (χ2v) is 5.49. The van der Waals surface area contributed by atoms with Crippen LogP contribution in [-0.2, 0) is 16.1 Å². The molecule has 18 heavy (non-hydrogen) atoms. The number of esters is 1. The summed E-state index contributed by atoms with van der Waals surface area (Å²) in [6, 6.07) is 1.99. The zero-order chi connectivity index (χ0) is 12.6. The third-order valence-electron chi connectivity index (χ3n) is 4.49. The number of aromatic nitrogens is 2. The smallest absolute Gasteiger partial charge is 0.313 e. The van der Waals surface area contributed by atoms with E-state index in [1.807, 2.05) is 6.07 Å². The highest BCUT2D eigenvalue weighted by atomic mass is 16.5. The zero-order valence-corrected chi connectivity index (χ0v) is 10.7. The first-order valence-electron chi connectivity index (χ1n) is 6.53. The maximum absolute atomic E-state index is 12.1. The number of carbonyl (C=O) groups is 1. The lowest BCUT2D eigenvalue weighted by atomic mass is 9.81. The van der Waals surface area contributed by atoms with E-state index in [4.69, 9.17) is 4.74 Å². The molecule has 0 amide bonds. The summed E-state index contributed by atoms with van der Waals surface area (Å²) in [5.74, 6) is 0.449. The number of likely N-dealkylation sites (tertiary alicyclic amines) is 1. The molecular formula is C13H19N3O2. The van der Waals surface area contributed by atoms with Crippen LogP contribution in [0, 0.1) is 11.3 Å². The first-order valence-corrected chi connectivity index (χ1v) is 6.53. The van der Waals surface area contributed by atoms with Crippen LogP contribution >= 0.6 is 0 Å². The third kappa shape index (κ3) is 1.73. The van der Waals surface area contributed by atoms with Gasteiger partial charge in [0.2, 0.25) is 0 Å². The molecule has 1 N–H and O–H groups in total. The van der Waals surface area contributed by atoms with Crippen molar-refractivity contribution in [2.75, 3.05) is 20.2 Å². The molecule has 1 saturated heterocycles. The van der Waals surface area contributed by atoms with Crippen molar-refractivity contribution in [3.63, 3.8) is 0 Å². The molecule has 2 aliphatic rings. The van der Waals surface area contributed by atoms with E-state index in [0.717, 1.165) is 44.6 Å². The van der Waals surface area contributed by atoms with Gasteiger partial charge in [0.15, 0.2) is 0 Å². The zero-order valence-electron chi connectivity index (χ0n) is 10.7. The van der Waals surface area contributed by atoms with Crippen LogP contribution in [-0.4, -0.2) is 41.3 Å². The molecule has 1 aromatic heterocycles. The van der Waals surface area contributed by atoms with Crippen LogP contribution in [0.1, 0.15) is 25.0 Å². The monoisotopic (exact) mass is 249 g/mol. The fourth-order valence-electron chi connectivity index (χ4n) is 3.66. The molecule has 1 aliphatic heterocycles. The highest BCUT2D eigenvalue weighted by Gasteiger charge is 2.55. The fourth-order valence-corrected chi connectivity index (χ4v) is 3.66. The Morgan fingerprint density at radius 1 is 1.72 bits per heavy atom. The van der Waals surface area contributed by atoms with E-state index in [2.05, 4.69) is 15.1 Å². The molecule has 1 aromatic rings. The number of H-pyrrole nitrogens is 1. The topological polar surface area (TPSA) is 58.2 Å². The normalized spacial score (nSPS) is 31.5. The standard InChI is InChI=1S/C13H19N3O2/c1-18-12(17)13-5-2-3-10(13)7-16(9-13)8-11-4-6-14-15-11/h4,6,10H,2-3,5,7-9H2,1H3,(H,14,15)/t10-,13-/m1/s1. The van der Waals surface area contributed by atoms with Gasteiger partial charge in [-0.2, -0.15) is 5.10 Å². The summed E-state index contributed by atoms with van der Waals surface area (Å²) in [6.45, 7) is 2.66. The molecule has 0 radical (unpaired) electrons. The van der Waals surface area contributed by atoms with Gasteiger partial charge in [-0.05, 0) is 24.8 Å². The summed E-state index contributed by atoms with van der Waals surface area (Å²) in [5, 5.41) is 6.94. The Morgan fingerprint density at radius 2 is 2.61 bits per heavy atom. The average Bonchev–Trinajstić information content (AvgIpc) is 3.03.